The maximum atomic E-state index is 13.7. The topological polar surface area (TPSA) is 47.4 Å². The molecule has 126 valence electrons. The van der Waals surface area contributed by atoms with Gasteiger partial charge in [-0.25, -0.2) is 9.37 Å². The Bertz CT molecular complexity index is 773. The Morgan fingerprint density at radius 1 is 1.42 bits per heavy atom. The molecule has 3 heterocycles. The van der Waals surface area contributed by atoms with Crippen molar-refractivity contribution in [3.8, 4) is 0 Å². The number of fused-ring (bicyclic) bond motifs is 1. The maximum Gasteiger partial charge on any atom is 0.233 e. The van der Waals surface area contributed by atoms with E-state index < -0.39 is 0 Å². The molecule has 1 aromatic carbocycles. The van der Waals surface area contributed by atoms with Crippen LogP contribution in [0.1, 0.15) is 30.3 Å². The highest BCUT2D eigenvalue weighted by atomic mass is 19.1. The summed E-state index contributed by atoms with van der Waals surface area (Å²) in [6.45, 7) is 1.16. The number of anilines is 1. The zero-order valence-electron chi connectivity index (χ0n) is 13.6. The highest BCUT2D eigenvalue weighted by molar-refractivity contribution is 5.96. The second-order valence-corrected chi connectivity index (χ2v) is 6.45. The van der Waals surface area contributed by atoms with E-state index in [1.807, 2.05) is 17.8 Å². The molecule has 2 atom stereocenters. The third-order valence-corrected chi connectivity index (χ3v) is 4.95. The summed E-state index contributed by atoms with van der Waals surface area (Å²) in [5, 5.41) is 0. The summed E-state index contributed by atoms with van der Waals surface area (Å²) >= 11 is 0. The van der Waals surface area contributed by atoms with Crippen LogP contribution < -0.4 is 4.90 Å². The largest absolute Gasteiger partial charge is 0.369 e. The zero-order chi connectivity index (χ0) is 16.7. The molecule has 2 aromatic rings. The number of imidazole rings is 1. The number of halogens is 1. The lowest BCUT2D eigenvalue weighted by molar-refractivity contribution is -0.124. The van der Waals surface area contributed by atoms with Gasteiger partial charge in [0, 0.05) is 38.3 Å². The van der Waals surface area contributed by atoms with Crippen LogP contribution in [0.2, 0.25) is 0 Å². The maximum absolute atomic E-state index is 13.7. The van der Waals surface area contributed by atoms with Crippen molar-refractivity contribution in [3.05, 3.63) is 47.8 Å². The molecule has 2 aliphatic rings. The van der Waals surface area contributed by atoms with E-state index in [1.54, 1.807) is 17.2 Å². The quantitative estimate of drug-likeness (QED) is 0.851. The van der Waals surface area contributed by atoms with E-state index in [4.69, 9.17) is 4.74 Å². The van der Waals surface area contributed by atoms with Crippen LogP contribution in [-0.2, 0) is 23.0 Å². The molecule has 1 amide bonds. The SMILES string of the molecule is Cn1ccnc1[C@@H]1OCC[C@H]1C(=O)N1CCCc2ccc(F)cc21. The first-order valence-electron chi connectivity index (χ1n) is 8.34. The lowest BCUT2D eigenvalue weighted by atomic mass is 9.95. The Kier molecular flexibility index (Phi) is 3.84. The Balaban J connectivity index is 1.65. The number of rotatable bonds is 2. The number of benzene rings is 1. The summed E-state index contributed by atoms with van der Waals surface area (Å²) in [4.78, 5) is 19.3. The van der Waals surface area contributed by atoms with Gasteiger partial charge in [0.25, 0.3) is 0 Å². The Labute approximate surface area is 140 Å². The molecule has 1 saturated heterocycles. The molecule has 4 rings (SSSR count). The number of ether oxygens (including phenoxy) is 1. The van der Waals surface area contributed by atoms with Crippen LogP contribution in [0.25, 0.3) is 0 Å². The van der Waals surface area contributed by atoms with Gasteiger partial charge in [0.15, 0.2) is 0 Å². The average molecular weight is 329 g/mol. The minimum absolute atomic E-state index is 0.00653. The molecule has 1 fully saturated rings. The third-order valence-electron chi connectivity index (χ3n) is 4.95. The number of nitrogens with zero attached hydrogens (tertiary/aromatic N) is 3. The fourth-order valence-electron chi connectivity index (χ4n) is 3.73. The number of hydrogen-bond donors (Lipinski definition) is 0. The first-order valence-corrected chi connectivity index (χ1v) is 8.34. The van der Waals surface area contributed by atoms with Crippen LogP contribution in [0.4, 0.5) is 10.1 Å². The van der Waals surface area contributed by atoms with E-state index in [2.05, 4.69) is 4.98 Å². The third kappa shape index (κ3) is 2.51. The summed E-state index contributed by atoms with van der Waals surface area (Å²) in [5.41, 5.74) is 1.74. The minimum Gasteiger partial charge on any atom is -0.369 e. The standard InChI is InChI=1S/C18H20FN3O2/c1-21-9-7-20-17(21)16-14(6-10-24-16)18(23)22-8-2-3-12-4-5-13(19)11-15(12)22/h4-5,7,9,11,14,16H,2-3,6,8,10H2,1H3/t14-,16-/m1/s1. The first kappa shape index (κ1) is 15.3. The van der Waals surface area contributed by atoms with E-state index >= 15 is 0 Å². The molecule has 0 aliphatic carbocycles. The van der Waals surface area contributed by atoms with Crippen molar-refractivity contribution in [2.45, 2.75) is 25.4 Å². The summed E-state index contributed by atoms with van der Waals surface area (Å²) in [6, 6.07) is 4.71. The van der Waals surface area contributed by atoms with E-state index in [-0.39, 0.29) is 23.7 Å². The van der Waals surface area contributed by atoms with Crippen LogP contribution >= 0.6 is 0 Å². The van der Waals surface area contributed by atoms with Gasteiger partial charge in [-0.2, -0.15) is 0 Å². The van der Waals surface area contributed by atoms with Crippen molar-refractivity contribution in [3.63, 3.8) is 0 Å². The van der Waals surface area contributed by atoms with Gasteiger partial charge >= 0.3 is 0 Å². The molecule has 24 heavy (non-hydrogen) atoms. The number of carbonyl (C=O) groups is 1. The van der Waals surface area contributed by atoms with Crippen LogP contribution in [0.5, 0.6) is 0 Å². The van der Waals surface area contributed by atoms with Crippen molar-refractivity contribution >= 4 is 11.6 Å². The normalized spacial score (nSPS) is 23.3. The molecule has 0 unspecified atom stereocenters. The van der Waals surface area contributed by atoms with Crippen molar-refractivity contribution < 1.29 is 13.9 Å². The van der Waals surface area contributed by atoms with Crippen LogP contribution in [0, 0.1) is 11.7 Å². The predicted octanol–water partition coefficient (Wildman–Crippen LogP) is 2.62. The molecule has 0 spiro atoms. The molecular weight excluding hydrogens is 309 g/mol. The Morgan fingerprint density at radius 3 is 3.08 bits per heavy atom. The van der Waals surface area contributed by atoms with Gasteiger partial charge in [-0.05, 0) is 37.0 Å². The first-order chi connectivity index (χ1) is 11.6. The van der Waals surface area contributed by atoms with Crippen molar-refractivity contribution in [2.75, 3.05) is 18.1 Å². The molecule has 6 heteroatoms. The summed E-state index contributed by atoms with van der Waals surface area (Å²) in [6.07, 6.45) is 5.66. The second kappa shape index (κ2) is 6.02. The molecule has 2 aliphatic heterocycles. The van der Waals surface area contributed by atoms with Crippen molar-refractivity contribution in [2.24, 2.45) is 13.0 Å². The van der Waals surface area contributed by atoms with Crippen LogP contribution in [-0.4, -0.2) is 28.6 Å². The molecule has 0 saturated carbocycles. The van der Waals surface area contributed by atoms with Gasteiger partial charge in [-0.3, -0.25) is 4.79 Å². The van der Waals surface area contributed by atoms with E-state index in [9.17, 15) is 9.18 Å². The van der Waals surface area contributed by atoms with Crippen molar-refractivity contribution in [1.29, 1.82) is 0 Å². The van der Waals surface area contributed by atoms with Gasteiger partial charge in [0.2, 0.25) is 5.91 Å². The van der Waals surface area contributed by atoms with Crippen LogP contribution in [0.3, 0.4) is 0 Å². The molecule has 0 N–H and O–H groups in total. The Hall–Kier alpha value is -2.21. The second-order valence-electron chi connectivity index (χ2n) is 6.45. The van der Waals surface area contributed by atoms with E-state index in [0.29, 0.717) is 25.3 Å². The van der Waals surface area contributed by atoms with Gasteiger partial charge in [-0.15, -0.1) is 0 Å². The predicted molar refractivity (Wildman–Crippen MR) is 87.1 cm³/mol. The average Bonchev–Trinajstić information content (AvgIpc) is 3.21. The summed E-state index contributed by atoms with van der Waals surface area (Å²) < 4.78 is 21.4. The van der Waals surface area contributed by atoms with E-state index in [1.165, 1.54) is 12.1 Å². The van der Waals surface area contributed by atoms with Gasteiger partial charge in [0.1, 0.15) is 17.7 Å². The zero-order valence-corrected chi connectivity index (χ0v) is 13.6. The molecule has 0 radical (unpaired) electrons. The van der Waals surface area contributed by atoms with Gasteiger partial charge in [0.05, 0.1) is 5.92 Å². The summed E-state index contributed by atoms with van der Waals surface area (Å²) in [7, 11) is 1.90. The fraction of sp³-hybridized carbons (Fsp3) is 0.444. The Morgan fingerprint density at radius 2 is 2.29 bits per heavy atom. The highest BCUT2D eigenvalue weighted by Crippen LogP contribution is 2.37. The number of hydrogen-bond acceptors (Lipinski definition) is 3. The molecule has 0 bridgehead atoms. The number of amides is 1. The lowest BCUT2D eigenvalue weighted by Gasteiger charge is -2.32. The smallest absolute Gasteiger partial charge is 0.233 e. The molecule has 1 aromatic heterocycles. The van der Waals surface area contributed by atoms with Gasteiger partial charge < -0.3 is 14.2 Å². The molecule has 5 nitrogen and oxygen atoms in total. The van der Waals surface area contributed by atoms with E-state index in [0.717, 1.165) is 24.2 Å². The minimum atomic E-state index is -0.337. The fourth-order valence-corrected chi connectivity index (χ4v) is 3.73. The summed E-state index contributed by atoms with van der Waals surface area (Å²) in [5.74, 6) is 0.187. The number of aromatic nitrogens is 2. The van der Waals surface area contributed by atoms with Crippen LogP contribution in [0.15, 0.2) is 30.6 Å². The number of aryl methyl sites for hydroxylation is 2. The monoisotopic (exact) mass is 329 g/mol. The lowest BCUT2D eigenvalue weighted by Crippen LogP contribution is -2.41. The number of carbonyl (C=O) groups excluding carboxylic acids is 1. The molecular formula is C18H20FN3O2. The van der Waals surface area contributed by atoms with Crippen molar-refractivity contribution in [1.82, 2.24) is 9.55 Å². The van der Waals surface area contributed by atoms with Gasteiger partial charge in [-0.1, -0.05) is 6.07 Å². The highest BCUT2D eigenvalue weighted by Gasteiger charge is 2.40.